The monoisotopic (exact) mass is 96.1 g/mol. The van der Waals surface area contributed by atoms with E-state index < -0.39 is 0 Å². The van der Waals surface area contributed by atoms with E-state index in [1.807, 2.05) is 0 Å². The van der Waals surface area contributed by atoms with E-state index in [0.29, 0.717) is 0 Å². The second kappa shape index (κ2) is 2.34. The van der Waals surface area contributed by atoms with Crippen LogP contribution in [0.2, 0.25) is 0 Å². The molecule has 40 valence electrons. The quantitative estimate of drug-likeness (QED) is 0.469. The normalized spacial score (nSPS) is 23.6. The Balaban J connectivity index is 2.14. The zero-order valence-electron chi connectivity index (χ0n) is 4.85. The Kier molecular flexibility index (Phi) is 1.72. The van der Waals surface area contributed by atoms with Gasteiger partial charge in [0.05, 0.1) is 0 Å². The molecule has 0 atom stereocenters. The van der Waals surface area contributed by atoms with Crippen LogP contribution >= 0.6 is 0 Å². The molecule has 1 fully saturated rings. The highest BCUT2D eigenvalue weighted by Crippen LogP contribution is 2.24. The average molecular weight is 96.2 g/mol. The van der Waals surface area contributed by atoms with Crippen molar-refractivity contribution in [2.75, 3.05) is 0 Å². The van der Waals surface area contributed by atoms with Crippen molar-refractivity contribution in [1.82, 2.24) is 0 Å². The molecule has 1 rings (SSSR count). The fourth-order valence-electron chi connectivity index (χ4n) is 1.05. The highest BCUT2D eigenvalue weighted by atomic mass is 14.2. The molecule has 0 bridgehead atoms. The van der Waals surface area contributed by atoms with Gasteiger partial charge >= 0.3 is 0 Å². The first-order chi connectivity index (χ1) is 3.43. The molecule has 0 aromatic rings. The molecule has 1 saturated carbocycles. The molecule has 0 heterocycles. The average Bonchev–Trinajstić information content (AvgIpc) is 2.14. The third kappa shape index (κ3) is 1.19. The molecule has 1 aliphatic rings. The molecule has 2 radical (unpaired) electrons. The zero-order valence-corrected chi connectivity index (χ0v) is 4.85. The standard InChI is InChI=1S/C7H12/c1-2-7-5-3-4-6-7/h5-7H,2-4H2,1H3. The maximum Gasteiger partial charge on any atom is -0.0352 e. The zero-order chi connectivity index (χ0) is 5.11. The summed E-state index contributed by atoms with van der Waals surface area (Å²) in [5.74, 6) is 0.847. The summed E-state index contributed by atoms with van der Waals surface area (Å²) in [6, 6.07) is 0. The third-order valence-corrected chi connectivity index (χ3v) is 1.58. The van der Waals surface area contributed by atoms with Crippen LogP contribution in [0.15, 0.2) is 0 Å². The van der Waals surface area contributed by atoms with Crippen molar-refractivity contribution < 1.29 is 0 Å². The minimum absolute atomic E-state index is 0.847. The Hall–Kier alpha value is 0. The summed E-state index contributed by atoms with van der Waals surface area (Å²) in [4.78, 5) is 0. The first-order valence-electron chi connectivity index (χ1n) is 3.10. The van der Waals surface area contributed by atoms with E-state index in [1.165, 1.54) is 19.3 Å². The molecule has 0 amide bonds. The molecule has 0 nitrogen and oxygen atoms in total. The van der Waals surface area contributed by atoms with Gasteiger partial charge in [0, 0.05) is 0 Å². The summed E-state index contributed by atoms with van der Waals surface area (Å²) in [7, 11) is 0. The van der Waals surface area contributed by atoms with Crippen LogP contribution in [-0.2, 0) is 0 Å². The van der Waals surface area contributed by atoms with E-state index in [1.54, 1.807) is 0 Å². The van der Waals surface area contributed by atoms with Gasteiger partial charge in [0.15, 0.2) is 0 Å². The number of hydrogen-bond donors (Lipinski definition) is 0. The molecule has 0 heteroatoms. The van der Waals surface area contributed by atoms with Gasteiger partial charge in [-0.3, -0.25) is 0 Å². The molecule has 1 aliphatic carbocycles. The number of hydrogen-bond acceptors (Lipinski definition) is 0. The SMILES string of the molecule is CCC1[CH]CC[CH]1. The van der Waals surface area contributed by atoms with Gasteiger partial charge in [0.2, 0.25) is 0 Å². The smallest absolute Gasteiger partial charge is 0.0352 e. The fourth-order valence-corrected chi connectivity index (χ4v) is 1.05. The van der Waals surface area contributed by atoms with E-state index in [0.717, 1.165) is 5.92 Å². The summed E-state index contributed by atoms with van der Waals surface area (Å²) < 4.78 is 0. The van der Waals surface area contributed by atoms with Gasteiger partial charge in [-0.15, -0.1) is 0 Å². The van der Waals surface area contributed by atoms with Crippen LogP contribution in [0, 0.1) is 18.8 Å². The maximum absolute atomic E-state index is 2.40. The van der Waals surface area contributed by atoms with E-state index in [9.17, 15) is 0 Å². The summed E-state index contributed by atoms with van der Waals surface area (Å²) in [6.07, 6.45) is 8.75. The molecule has 7 heavy (non-hydrogen) atoms. The van der Waals surface area contributed by atoms with Gasteiger partial charge in [-0.25, -0.2) is 0 Å². The van der Waals surface area contributed by atoms with Gasteiger partial charge in [0.1, 0.15) is 0 Å². The van der Waals surface area contributed by atoms with Crippen molar-refractivity contribution in [3.63, 3.8) is 0 Å². The Morgan fingerprint density at radius 2 is 2.00 bits per heavy atom. The molecule has 0 aromatic carbocycles. The van der Waals surface area contributed by atoms with Crippen molar-refractivity contribution in [1.29, 1.82) is 0 Å². The van der Waals surface area contributed by atoms with E-state index in [-0.39, 0.29) is 0 Å². The van der Waals surface area contributed by atoms with Gasteiger partial charge in [-0.05, 0) is 31.6 Å². The van der Waals surface area contributed by atoms with Crippen molar-refractivity contribution in [3.05, 3.63) is 12.8 Å². The van der Waals surface area contributed by atoms with E-state index in [4.69, 9.17) is 0 Å². The summed E-state index contributed by atoms with van der Waals surface area (Å²) >= 11 is 0. The highest BCUT2D eigenvalue weighted by molar-refractivity contribution is 4.94. The minimum Gasteiger partial charge on any atom is -0.0651 e. The molecule has 0 spiro atoms. The lowest BCUT2D eigenvalue weighted by Gasteiger charge is -1.98. The molecule has 0 saturated heterocycles. The van der Waals surface area contributed by atoms with Crippen LogP contribution in [0.4, 0.5) is 0 Å². The second-order valence-electron chi connectivity index (χ2n) is 2.12. The molecular weight excluding hydrogens is 84.1 g/mol. The Morgan fingerprint density at radius 1 is 1.43 bits per heavy atom. The fraction of sp³-hybridized carbons (Fsp3) is 0.714. The molecular formula is C7H12. The van der Waals surface area contributed by atoms with Crippen LogP contribution in [0.5, 0.6) is 0 Å². The first kappa shape index (κ1) is 5.14. The van der Waals surface area contributed by atoms with Crippen LogP contribution in [0.1, 0.15) is 26.2 Å². The lowest BCUT2D eigenvalue weighted by atomic mass is 10.1. The predicted molar refractivity (Wildman–Crippen MR) is 31.6 cm³/mol. The molecule has 0 aliphatic heterocycles. The lowest BCUT2D eigenvalue weighted by Crippen LogP contribution is -1.88. The summed E-state index contributed by atoms with van der Waals surface area (Å²) in [5.41, 5.74) is 0. The van der Waals surface area contributed by atoms with E-state index in [2.05, 4.69) is 19.8 Å². The largest absolute Gasteiger partial charge is 0.0651 e. The van der Waals surface area contributed by atoms with Crippen molar-refractivity contribution >= 4 is 0 Å². The van der Waals surface area contributed by atoms with Crippen LogP contribution in [0.25, 0.3) is 0 Å². The summed E-state index contributed by atoms with van der Waals surface area (Å²) in [5, 5.41) is 0. The summed E-state index contributed by atoms with van der Waals surface area (Å²) in [6.45, 7) is 2.24. The maximum atomic E-state index is 2.40. The Bertz CT molecular complexity index is 42.0. The lowest BCUT2D eigenvalue weighted by molar-refractivity contribution is 0.708. The van der Waals surface area contributed by atoms with Crippen LogP contribution in [0.3, 0.4) is 0 Å². The second-order valence-corrected chi connectivity index (χ2v) is 2.12. The van der Waals surface area contributed by atoms with E-state index >= 15 is 0 Å². The third-order valence-electron chi connectivity index (χ3n) is 1.58. The molecule has 0 unspecified atom stereocenters. The van der Waals surface area contributed by atoms with Crippen molar-refractivity contribution in [2.24, 2.45) is 5.92 Å². The van der Waals surface area contributed by atoms with Gasteiger partial charge in [-0.1, -0.05) is 13.3 Å². The predicted octanol–water partition coefficient (Wildman–Crippen LogP) is 2.21. The molecule has 0 N–H and O–H groups in total. The topological polar surface area (TPSA) is 0 Å². The van der Waals surface area contributed by atoms with Crippen molar-refractivity contribution in [2.45, 2.75) is 26.2 Å². The van der Waals surface area contributed by atoms with Crippen LogP contribution < -0.4 is 0 Å². The first-order valence-corrected chi connectivity index (χ1v) is 3.10. The van der Waals surface area contributed by atoms with Gasteiger partial charge < -0.3 is 0 Å². The minimum atomic E-state index is 0.847. The molecule has 0 aromatic heterocycles. The highest BCUT2D eigenvalue weighted by Gasteiger charge is 2.11. The Labute approximate surface area is 45.9 Å². The van der Waals surface area contributed by atoms with Gasteiger partial charge in [0.25, 0.3) is 0 Å². The number of rotatable bonds is 1. The van der Waals surface area contributed by atoms with Crippen LogP contribution in [-0.4, -0.2) is 0 Å². The van der Waals surface area contributed by atoms with Crippen molar-refractivity contribution in [3.8, 4) is 0 Å². The van der Waals surface area contributed by atoms with Gasteiger partial charge in [-0.2, -0.15) is 0 Å². The Morgan fingerprint density at radius 3 is 2.29 bits per heavy atom.